The van der Waals surface area contributed by atoms with Crippen LogP contribution in [0.1, 0.15) is 32.5 Å². The van der Waals surface area contributed by atoms with Crippen LogP contribution in [0.5, 0.6) is 0 Å². The van der Waals surface area contributed by atoms with E-state index in [2.05, 4.69) is 52.3 Å². The van der Waals surface area contributed by atoms with Crippen LogP contribution < -0.4 is 5.32 Å². The highest BCUT2D eigenvalue weighted by molar-refractivity contribution is 9.10. The summed E-state index contributed by atoms with van der Waals surface area (Å²) in [4.78, 5) is 0. The summed E-state index contributed by atoms with van der Waals surface area (Å²) in [6.45, 7) is 6.54. The minimum Gasteiger partial charge on any atom is -0.375 e. The lowest BCUT2D eigenvalue weighted by molar-refractivity contribution is 0.0474. The fourth-order valence-electron chi connectivity index (χ4n) is 3.05. The first kappa shape index (κ1) is 14.0. The van der Waals surface area contributed by atoms with Crippen LogP contribution in [0.3, 0.4) is 0 Å². The molecular formula is C12H21BrN4O. The van der Waals surface area contributed by atoms with Gasteiger partial charge < -0.3 is 10.1 Å². The third-order valence-corrected chi connectivity index (χ3v) is 4.70. The highest BCUT2D eigenvalue weighted by Crippen LogP contribution is 2.41. The molecule has 0 saturated carbocycles. The molecule has 102 valence electrons. The van der Waals surface area contributed by atoms with E-state index in [1.54, 1.807) is 0 Å². The summed E-state index contributed by atoms with van der Waals surface area (Å²) in [5.74, 6) is 0.915. The first-order valence-corrected chi connectivity index (χ1v) is 7.14. The Morgan fingerprint density at radius 3 is 2.39 bits per heavy atom. The van der Waals surface area contributed by atoms with Gasteiger partial charge in [0.05, 0.1) is 23.9 Å². The van der Waals surface area contributed by atoms with Crippen LogP contribution >= 0.6 is 15.9 Å². The first-order valence-electron chi connectivity index (χ1n) is 6.35. The van der Waals surface area contributed by atoms with E-state index >= 15 is 0 Å². The number of aromatic nitrogens is 3. The maximum Gasteiger partial charge on any atom is 0.153 e. The summed E-state index contributed by atoms with van der Waals surface area (Å²) in [6, 6.07) is 0.189. The van der Waals surface area contributed by atoms with E-state index < -0.39 is 0 Å². The van der Waals surface area contributed by atoms with Crippen molar-refractivity contribution in [2.24, 2.45) is 18.9 Å². The van der Waals surface area contributed by atoms with Crippen molar-refractivity contribution in [1.29, 1.82) is 0 Å². The Hall–Kier alpha value is -0.460. The minimum atomic E-state index is 0.189. The predicted octanol–water partition coefficient (Wildman–Crippen LogP) is 1.90. The summed E-state index contributed by atoms with van der Waals surface area (Å²) in [7, 11) is 3.90. The van der Waals surface area contributed by atoms with Gasteiger partial charge in [-0.2, -0.15) is 0 Å². The molecule has 2 rings (SSSR count). The van der Waals surface area contributed by atoms with Crippen molar-refractivity contribution in [3.05, 3.63) is 10.3 Å². The van der Waals surface area contributed by atoms with Crippen molar-refractivity contribution in [2.45, 2.75) is 39.0 Å². The van der Waals surface area contributed by atoms with Gasteiger partial charge in [0.25, 0.3) is 0 Å². The Bertz CT molecular complexity index is 403. The third-order valence-electron chi connectivity index (χ3n) is 4.14. The van der Waals surface area contributed by atoms with Crippen LogP contribution in [0.15, 0.2) is 4.60 Å². The lowest BCUT2D eigenvalue weighted by atomic mass is 9.82. The monoisotopic (exact) mass is 316 g/mol. The van der Waals surface area contributed by atoms with E-state index in [1.807, 2.05) is 18.8 Å². The molecule has 1 aliphatic rings. The Kier molecular flexibility index (Phi) is 4.08. The molecule has 0 bridgehead atoms. The zero-order valence-corrected chi connectivity index (χ0v) is 13.1. The van der Waals surface area contributed by atoms with Gasteiger partial charge in [0.2, 0.25) is 0 Å². The number of hydrogen-bond donors (Lipinski definition) is 1. The molecule has 1 aromatic heterocycles. The Morgan fingerprint density at radius 1 is 1.33 bits per heavy atom. The molecule has 1 aliphatic heterocycles. The molecule has 0 aromatic carbocycles. The Morgan fingerprint density at radius 2 is 2.00 bits per heavy atom. The smallest absolute Gasteiger partial charge is 0.153 e. The number of hydrogen-bond acceptors (Lipinski definition) is 4. The molecule has 5 nitrogen and oxygen atoms in total. The molecule has 0 amide bonds. The van der Waals surface area contributed by atoms with Crippen LogP contribution in [0.25, 0.3) is 0 Å². The SMILES string of the molecule is CNC(c1c(Br)nnn1C)C1C(C)OC(C)C1C. The number of nitrogens with zero attached hydrogens (tertiary/aromatic N) is 3. The van der Waals surface area contributed by atoms with Gasteiger partial charge >= 0.3 is 0 Å². The van der Waals surface area contributed by atoms with Gasteiger partial charge in [0, 0.05) is 13.0 Å². The molecule has 1 N–H and O–H groups in total. The summed E-state index contributed by atoms with van der Waals surface area (Å²) < 4.78 is 8.58. The molecule has 5 unspecified atom stereocenters. The molecule has 1 saturated heterocycles. The third kappa shape index (κ3) is 2.21. The molecule has 1 fully saturated rings. The maximum atomic E-state index is 5.94. The van der Waals surface area contributed by atoms with E-state index in [-0.39, 0.29) is 12.1 Å². The molecule has 6 heteroatoms. The van der Waals surface area contributed by atoms with Crippen LogP contribution in [-0.4, -0.2) is 34.2 Å². The number of aryl methyl sites for hydroxylation is 1. The van der Waals surface area contributed by atoms with Gasteiger partial charge in [-0.1, -0.05) is 12.1 Å². The van der Waals surface area contributed by atoms with Crippen LogP contribution in [0.4, 0.5) is 0 Å². The number of ether oxygens (including phenoxy) is 1. The van der Waals surface area contributed by atoms with Crippen LogP contribution in [0.2, 0.25) is 0 Å². The Balaban J connectivity index is 2.35. The van der Waals surface area contributed by atoms with Gasteiger partial charge in [-0.3, -0.25) is 0 Å². The van der Waals surface area contributed by atoms with E-state index in [4.69, 9.17) is 4.74 Å². The second kappa shape index (κ2) is 5.27. The predicted molar refractivity (Wildman–Crippen MR) is 73.2 cm³/mol. The number of halogens is 1. The summed E-state index contributed by atoms with van der Waals surface area (Å²) in [5.41, 5.74) is 1.08. The van der Waals surface area contributed by atoms with Crippen molar-refractivity contribution in [1.82, 2.24) is 20.3 Å². The van der Waals surface area contributed by atoms with Crippen LogP contribution in [-0.2, 0) is 11.8 Å². The van der Waals surface area contributed by atoms with Gasteiger partial charge in [-0.05, 0) is 42.7 Å². The summed E-state index contributed by atoms with van der Waals surface area (Å²) >= 11 is 3.49. The molecule has 2 heterocycles. The zero-order valence-electron chi connectivity index (χ0n) is 11.5. The lowest BCUT2D eigenvalue weighted by Gasteiger charge is -2.28. The fraction of sp³-hybridized carbons (Fsp3) is 0.833. The second-order valence-corrected chi connectivity index (χ2v) is 5.89. The van der Waals surface area contributed by atoms with Gasteiger partial charge in [0.15, 0.2) is 4.60 Å². The molecule has 5 atom stereocenters. The maximum absolute atomic E-state index is 5.94. The highest BCUT2D eigenvalue weighted by atomic mass is 79.9. The average Bonchev–Trinajstić information content (AvgIpc) is 2.76. The van der Waals surface area contributed by atoms with Gasteiger partial charge in [-0.15, -0.1) is 5.10 Å². The van der Waals surface area contributed by atoms with Gasteiger partial charge in [-0.25, -0.2) is 4.68 Å². The topological polar surface area (TPSA) is 52.0 Å². The fourth-order valence-corrected chi connectivity index (χ4v) is 3.62. The standard InChI is InChI=1S/C12H21BrN4O/c1-6-7(2)18-8(3)9(6)10(14-4)11-12(13)15-16-17(11)5/h6-10,14H,1-5H3. The van der Waals surface area contributed by atoms with Gasteiger partial charge in [0.1, 0.15) is 0 Å². The van der Waals surface area contributed by atoms with E-state index in [9.17, 15) is 0 Å². The average molecular weight is 317 g/mol. The molecule has 18 heavy (non-hydrogen) atoms. The molecule has 0 spiro atoms. The first-order chi connectivity index (χ1) is 8.47. The number of rotatable bonds is 3. The summed E-state index contributed by atoms with van der Waals surface area (Å²) in [5, 5.41) is 11.5. The van der Waals surface area contributed by atoms with Crippen molar-refractivity contribution in [3.63, 3.8) is 0 Å². The van der Waals surface area contributed by atoms with Crippen molar-refractivity contribution in [2.75, 3.05) is 7.05 Å². The minimum absolute atomic E-state index is 0.189. The largest absolute Gasteiger partial charge is 0.375 e. The molecule has 0 aliphatic carbocycles. The quantitative estimate of drug-likeness (QED) is 0.925. The summed E-state index contributed by atoms with van der Waals surface area (Å²) in [6.07, 6.45) is 0.523. The van der Waals surface area contributed by atoms with Crippen molar-refractivity contribution >= 4 is 15.9 Å². The second-order valence-electron chi connectivity index (χ2n) is 5.14. The molecule has 1 aromatic rings. The van der Waals surface area contributed by atoms with E-state index in [1.165, 1.54) is 0 Å². The van der Waals surface area contributed by atoms with Crippen molar-refractivity contribution in [3.8, 4) is 0 Å². The van der Waals surface area contributed by atoms with E-state index in [0.29, 0.717) is 17.9 Å². The lowest BCUT2D eigenvalue weighted by Crippen LogP contribution is -2.34. The normalized spacial score (nSPS) is 33.9. The molecule has 0 radical (unpaired) electrons. The zero-order chi connectivity index (χ0) is 13.4. The molecular weight excluding hydrogens is 296 g/mol. The highest BCUT2D eigenvalue weighted by Gasteiger charge is 2.43. The van der Waals surface area contributed by atoms with E-state index in [0.717, 1.165) is 10.3 Å². The number of nitrogens with one attached hydrogen (secondary N) is 1. The van der Waals surface area contributed by atoms with Crippen LogP contribution in [0, 0.1) is 11.8 Å². The van der Waals surface area contributed by atoms with Crippen molar-refractivity contribution < 1.29 is 4.74 Å². The Labute approximate surface area is 116 Å².